The summed E-state index contributed by atoms with van der Waals surface area (Å²) < 4.78 is 12.9. The van der Waals surface area contributed by atoms with Crippen molar-refractivity contribution in [2.75, 3.05) is 0 Å². The Bertz CT molecular complexity index is 1150. The van der Waals surface area contributed by atoms with Gasteiger partial charge in [-0.1, -0.05) is 83.2 Å². The number of nitrogens with zero attached hydrogens (tertiary/aromatic N) is 2. The van der Waals surface area contributed by atoms with Crippen LogP contribution in [0.4, 0.5) is 0 Å². The molecule has 0 spiro atoms. The summed E-state index contributed by atoms with van der Waals surface area (Å²) in [6, 6.07) is 22.2. The molecular formula is C26H20N2O2S2. The van der Waals surface area contributed by atoms with E-state index in [1.165, 1.54) is 34.7 Å². The molecule has 0 aromatic heterocycles. The summed E-state index contributed by atoms with van der Waals surface area (Å²) in [5.41, 5.74) is 4.65. The first kappa shape index (κ1) is 21.9. The highest BCUT2D eigenvalue weighted by atomic mass is 32.2. The van der Waals surface area contributed by atoms with Crippen molar-refractivity contribution in [2.45, 2.75) is 36.9 Å². The summed E-state index contributed by atoms with van der Waals surface area (Å²) in [7, 11) is 0. The fourth-order valence-corrected chi connectivity index (χ4v) is 5.56. The Balaban J connectivity index is 1.60. The normalized spacial score (nSPS) is 11.9. The Kier molecular flexibility index (Phi) is 6.75. The Morgan fingerprint density at radius 2 is 1.25 bits per heavy atom. The van der Waals surface area contributed by atoms with Gasteiger partial charge in [0.15, 0.2) is 0 Å². The maximum Gasteiger partial charge on any atom is 0.282 e. The lowest BCUT2D eigenvalue weighted by Crippen LogP contribution is -1.99. The van der Waals surface area contributed by atoms with Gasteiger partial charge in [-0.25, -0.2) is 10.1 Å². The highest BCUT2D eigenvalue weighted by Gasteiger charge is 2.28. The Morgan fingerprint density at radius 3 is 1.62 bits per heavy atom. The summed E-state index contributed by atoms with van der Waals surface area (Å²) in [6.07, 6.45) is 0. The molecule has 4 nitrogen and oxygen atoms in total. The Morgan fingerprint density at radius 1 is 0.812 bits per heavy atom. The highest BCUT2D eigenvalue weighted by molar-refractivity contribution is 8.24. The summed E-state index contributed by atoms with van der Waals surface area (Å²) >= 11 is 2.79. The fraction of sp³-hybridized carbons (Fsp3) is 0.154. The van der Waals surface area contributed by atoms with E-state index in [9.17, 15) is 5.26 Å². The molecule has 1 heterocycles. The largest absolute Gasteiger partial charge is 0.488 e. The lowest BCUT2D eigenvalue weighted by Gasteiger charge is -2.14. The molecule has 1 aliphatic rings. The fourth-order valence-electron chi connectivity index (χ4n) is 3.06. The van der Waals surface area contributed by atoms with Crippen LogP contribution in [-0.4, -0.2) is 0 Å². The van der Waals surface area contributed by atoms with E-state index in [2.05, 4.69) is 67.2 Å². The van der Waals surface area contributed by atoms with Gasteiger partial charge in [0.05, 0.1) is 26.7 Å². The maximum atomic E-state index is 9.34. The van der Waals surface area contributed by atoms with E-state index in [1.807, 2.05) is 18.2 Å². The minimum Gasteiger partial charge on any atom is -0.488 e. The van der Waals surface area contributed by atoms with Gasteiger partial charge in [0.2, 0.25) is 0 Å². The van der Waals surface area contributed by atoms with Gasteiger partial charge in [0.25, 0.3) is 5.70 Å². The number of hydrogen-bond donors (Lipinski definition) is 0. The molecule has 4 rings (SSSR count). The topological polar surface area (TPSA) is 46.6 Å². The summed E-state index contributed by atoms with van der Waals surface area (Å²) in [4.78, 5) is 5.15. The van der Waals surface area contributed by atoms with Crippen LogP contribution in [-0.2, 0) is 13.2 Å². The van der Waals surface area contributed by atoms with Crippen LogP contribution in [0, 0.1) is 31.8 Å². The van der Waals surface area contributed by atoms with E-state index in [4.69, 9.17) is 16.0 Å². The van der Waals surface area contributed by atoms with E-state index < -0.39 is 0 Å². The van der Waals surface area contributed by atoms with Crippen LogP contribution < -0.4 is 9.47 Å². The summed E-state index contributed by atoms with van der Waals surface area (Å²) in [5.74, 6) is 1.44. The number of ether oxygens (including phenoxy) is 2. The van der Waals surface area contributed by atoms with Crippen molar-refractivity contribution in [3.8, 4) is 17.6 Å². The van der Waals surface area contributed by atoms with Crippen molar-refractivity contribution in [3.63, 3.8) is 0 Å². The van der Waals surface area contributed by atoms with Crippen molar-refractivity contribution in [1.29, 1.82) is 5.26 Å². The Hall–Kier alpha value is -3.32. The van der Waals surface area contributed by atoms with Gasteiger partial charge in [-0.3, -0.25) is 0 Å². The van der Waals surface area contributed by atoms with Crippen molar-refractivity contribution in [1.82, 2.24) is 0 Å². The number of benzene rings is 3. The second kappa shape index (κ2) is 9.87. The number of nitriles is 1. The zero-order valence-corrected chi connectivity index (χ0v) is 19.3. The van der Waals surface area contributed by atoms with Gasteiger partial charge >= 0.3 is 0 Å². The average Bonchev–Trinajstić information content (AvgIpc) is 3.25. The van der Waals surface area contributed by atoms with Crippen LogP contribution in [0.15, 0.2) is 80.4 Å². The molecule has 6 heteroatoms. The summed E-state index contributed by atoms with van der Waals surface area (Å²) in [5, 5.41) is 9.34. The van der Waals surface area contributed by atoms with Gasteiger partial charge in [0, 0.05) is 0 Å². The van der Waals surface area contributed by atoms with Crippen LogP contribution in [0.25, 0.3) is 4.85 Å². The van der Waals surface area contributed by atoms with Gasteiger partial charge < -0.3 is 9.47 Å². The number of hydrogen-bond acceptors (Lipinski definition) is 5. The highest BCUT2D eigenvalue weighted by Crippen LogP contribution is 2.59. The molecule has 32 heavy (non-hydrogen) atoms. The molecule has 0 N–H and O–H groups in total. The molecule has 0 atom stereocenters. The van der Waals surface area contributed by atoms with E-state index >= 15 is 0 Å². The molecule has 0 saturated heterocycles. The Labute approximate surface area is 196 Å². The molecule has 0 radical (unpaired) electrons. The standard InChI is InChI=1S/C26H20N2O2S2/c1-17-4-8-19(9-5-17)15-29-22-12-13-23(30-16-20-10-6-18(2)7-11-20)25-24(22)31-26(32-25)21(14-27)28-3/h4-13H,15-16H2,1-2H3. The molecule has 0 amide bonds. The zero-order chi connectivity index (χ0) is 22.5. The average molecular weight is 457 g/mol. The predicted octanol–water partition coefficient (Wildman–Crippen LogP) is 7.27. The van der Waals surface area contributed by atoms with E-state index in [0.717, 1.165) is 32.4 Å². The minimum atomic E-state index is 0.0881. The first-order valence-corrected chi connectivity index (χ1v) is 11.6. The van der Waals surface area contributed by atoms with Gasteiger partial charge in [-0.15, -0.1) is 0 Å². The molecular weight excluding hydrogens is 436 g/mol. The quantitative estimate of drug-likeness (QED) is 0.288. The molecule has 0 saturated carbocycles. The predicted molar refractivity (Wildman–Crippen MR) is 128 cm³/mol. The van der Waals surface area contributed by atoms with Crippen LogP contribution in [0.1, 0.15) is 22.3 Å². The van der Waals surface area contributed by atoms with Crippen LogP contribution >= 0.6 is 23.5 Å². The molecule has 0 unspecified atom stereocenters. The second-order valence-electron chi connectivity index (χ2n) is 7.33. The maximum absolute atomic E-state index is 9.34. The molecule has 0 fully saturated rings. The number of rotatable bonds is 6. The molecule has 0 aliphatic carbocycles. The second-order valence-corrected chi connectivity index (χ2v) is 9.63. The molecule has 1 aliphatic heterocycles. The third-order valence-electron chi connectivity index (χ3n) is 4.87. The monoisotopic (exact) mass is 456 g/mol. The van der Waals surface area contributed by atoms with E-state index in [0.29, 0.717) is 17.5 Å². The van der Waals surface area contributed by atoms with Crippen LogP contribution in [0.5, 0.6) is 11.5 Å². The number of aryl methyl sites for hydroxylation is 2. The van der Waals surface area contributed by atoms with Crippen molar-refractivity contribution >= 4 is 23.5 Å². The molecule has 3 aromatic rings. The van der Waals surface area contributed by atoms with Gasteiger partial charge in [-0.2, -0.15) is 0 Å². The number of allylic oxidation sites excluding steroid dienone is 1. The van der Waals surface area contributed by atoms with Crippen molar-refractivity contribution in [2.24, 2.45) is 0 Å². The molecule has 3 aromatic carbocycles. The zero-order valence-electron chi connectivity index (χ0n) is 17.7. The van der Waals surface area contributed by atoms with Crippen LogP contribution in [0.2, 0.25) is 0 Å². The van der Waals surface area contributed by atoms with Gasteiger partial charge in [0.1, 0.15) is 24.7 Å². The molecule has 0 bridgehead atoms. The van der Waals surface area contributed by atoms with E-state index in [1.54, 1.807) is 0 Å². The SMILES string of the molecule is [C-]#[N+]C(C#N)=C1Sc2c(OCc3ccc(C)cc3)ccc(OCc3ccc(C)cc3)c2S1. The lowest BCUT2D eigenvalue weighted by molar-refractivity contribution is 0.284. The van der Waals surface area contributed by atoms with E-state index in [-0.39, 0.29) is 5.70 Å². The van der Waals surface area contributed by atoms with Crippen LogP contribution in [0.3, 0.4) is 0 Å². The van der Waals surface area contributed by atoms with Gasteiger partial charge in [-0.05, 0) is 37.1 Å². The summed E-state index contributed by atoms with van der Waals surface area (Å²) in [6.45, 7) is 12.3. The number of fused-ring (bicyclic) bond motifs is 1. The first-order valence-electron chi connectivity index (χ1n) is 9.98. The van der Waals surface area contributed by atoms with Crippen molar-refractivity contribution in [3.05, 3.63) is 104 Å². The third-order valence-corrected chi connectivity index (χ3v) is 7.48. The smallest absolute Gasteiger partial charge is 0.282 e. The third kappa shape index (κ3) is 4.94. The number of thioether (sulfide) groups is 2. The van der Waals surface area contributed by atoms with Crippen molar-refractivity contribution < 1.29 is 9.47 Å². The molecule has 158 valence electrons. The minimum absolute atomic E-state index is 0.0881. The first-order chi connectivity index (χ1) is 15.6. The lowest BCUT2D eigenvalue weighted by atomic mass is 10.2.